The molecule has 9 nitrogen and oxygen atoms in total. The lowest BCUT2D eigenvalue weighted by Crippen LogP contribution is -2.37. The number of aromatic nitrogens is 1. The Hall–Kier alpha value is -3.08. The first kappa shape index (κ1) is 21.2. The Kier molecular flexibility index (Phi) is 6.70. The Morgan fingerprint density at radius 3 is 2.81 bits per heavy atom. The average Bonchev–Trinajstić information content (AvgIpc) is 3.41. The Labute approximate surface area is 183 Å². The van der Waals surface area contributed by atoms with Gasteiger partial charge in [0, 0.05) is 18.5 Å². The number of benzene rings is 1. The van der Waals surface area contributed by atoms with E-state index in [0.717, 1.165) is 28.9 Å². The number of aromatic hydroxyl groups is 1. The molecule has 0 atom stereocenters. The van der Waals surface area contributed by atoms with Crippen LogP contribution in [0.15, 0.2) is 57.2 Å². The molecule has 2 aromatic heterocycles. The summed E-state index contributed by atoms with van der Waals surface area (Å²) in [5.41, 5.74) is 1.76. The molecule has 4 rings (SSSR count). The van der Waals surface area contributed by atoms with Gasteiger partial charge in [-0.3, -0.25) is 14.3 Å². The highest BCUT2D eigenvalue weighted by molar-refractivity contribution is 7.12. The van der Waals surface area contributed by atoms with E-state index in [4.69, 9.17) is 9.57 Å². The molecule has 1 amide bonds. The van der Waals surface area contributed by atoms with E-state index in [1.165, 1.54) is 11.3 Å². The third-order valence-electron chi connectivity index (χ3n) is 4.89. The topological polar surface area (TPSA) is 101 Å². The van der Waals surface area contributed by atoms with Gasteiger partial charge in [0.1, 0.15) is 0 Å². The van der Waals surface area contributed by atoms with E-state index in [0.29, 0.717) is 25.6 Å². The van der Waals surface area contributed by atoms with Crippen molar-refractivity contribution in [3.63, 3.8) is 0 Å². The van der Waals surface area contributed by atoms with Crippen LogP contribution in [0.25, 0.3) is 10.9 Å². The highest BCUT2D eigenvalue weighted by atomic mass is 32.1. The molecule has 3 heterocycles. The van der Waals surface area contributed by atoms with E-state index < -0.39 is 5.91 Å². The molecule has 10 heteroatoms. The number of hydrogen-bond acceptors (Lipinski definition) is 8. The van der Waals surface area contributed by atoms with E-state index in [2.05, 4.69) is 20.3 Å². The second-order valence-electron chi connectivity index (χ2n) is 7.01. The van der Waals surface area contributed by atoms with Gasteiger partial charge in [0.05, 0.1) is 36.0 Å². The molecule has 1 aliphatic heterocycles. The van der Waals surface area contributed by atoms with Crippen molar-refractivity contribution in [2.24, 2.45) is 15.4 Å². The number of carbonyl (C=O) groups excluding carboxylic acids is 1. The van der Waals surface area contributed by atoms with Crippen LogP contribution in [0.4, 0.5) is 5.69 Å². The normalized spacial score (nSPS) is 15.7. The minimum absolute atomic E-state index is 0.0308. The van der Waals surface area contributed by atoms with Crippen molar-refractivity contribution in [3.05, 3.63) is 46.7 Å². The van der Waals surface area contributed by atoms with Crippen LogP contribution in [0.3, 0.4) is 0 Å². The van der Waals surface area contributed by atoms with Gasteiger partial charge < -0.3 is 14.7 Å². The number of fused-ring (bicyclic) bond motifs is 1. The van der Waals surface area contributed by atoms with Gasteiger partial charge in [-0.2, -0.15) is 0 Å². The van der Waals surface area contributed by atoms with E-state index in [-0.39, 0.29) is 18.2 Å². The summed E-state index contributed by atoms with van der Waals surface area (Å²) in [6, 6.07) is 11.3. The summed E-state index contributed by atoms with van der Waals surface area (Å²) in [7, 11) is 0. The molecular weight excluding hydrogens is 418 g/mol. The number of azo groups is 1. The minimum Gasteiger partial charge on any atom is -0.493 e. The summed E-state index contributed by atoms with van der Waals surface area (Å²) >= 11 is 1.54. The van der Waals surface area contributed by atoms with Gasteiger partial charge in [-0.25, -0.2) is 0 Å². The zero-order valence-corrected chi connectivity index (χ0v) is 17.9. The number of oxime groups is 1. The first-order chi connectivity index (χ1) is 15.1. The van der Waals surface area contributed by atoms with Gasteiger partial charge in [0.25, 0.3) is 0 Å². The van der Waals surface area contributed by atoms with Crippen LogP contribution in [-0.2, 0) is 21.0 Å². The van der Waals surface area contributed by atoms with Crippen LogP contribution in [0.1, 0.15) is 11.8 Å². The Balaban J connectivity index is 1.47. The van der Waals surface area contributed by atoms with Gasteiger partial charge in [0.15, 0.2) is 12.3 Å². The molecule has 1 saturated heterocycles. The summed E-state index contributed by atoms with van der Waals surface area (Å²) in [4.78, 5) is 20.3. The molecule has 162 valence electrons. The minimum atomic E-state index is -0.591. The quantitative estimate of drug-likeness (QED) is 0.342. The SMILES string of the molecule is CC(=NOCC(=O)N=Nc1c(O)n(CN2CCOCC2)c2ccccc12)c1cccs1. The van der Waals surface area contributed by atoms with Crippen molar-refractivity contribution in [2.45, 2.75) is 13.6 Å². The number of rotatable bonds is 7. The Bertz CT molecular complexity index is 1100. The first-order valence-electron chi connectivity index (χ1n) is 9.89. The van der Waals surface area contributed by atoms with Gasteiger partial charge in [-0.05, 0) is 24.4 Å². The van der Waals surface area contributed by atoms with Crippen molar-refractivity contribution in [2.75, 3.05) is 32.9 Å². The van der Waals surface area contributed by atoms with Crippen LogP contribution in [-0.4, -0.2) is 59.1 Å². The molecule has 0 bridgehead atoms. The molecule has 0 saturated carbocycles. The summed E-state index contributed by atoms with van der Waals surface area (Å²) in [6.07, 6.45) is 0. The summed E-state index contributed by atoms with van der Waals surface area (Å²) in [5, 5.41) is 25.1. The number of hydrogen-bond donors (Lipinski definition) is 1. The van der Waals surface area contributed by atoms with E-state index in [1.807, 2.05) is 41.8 Å². The summed E-state index contributed by atoms with van der Waals surface area (Å²) in [5.74, 6) is -0.621. The van der Waals surface area contributed by atoms with Gasteiger partial charge >= 0.3 is 5.91 Å². The van der Waals surface area contributed by atoms with Crippen molar-refractivity contribution in [1.29, 1.82) is 0 Å². The van der Waals surface area contributed by atoms with E-state index in [9.17, 15) is 9.90 Å². The Morgan fingerprint density at radius 2 is 2.03 bits per heavy atom. The second-order valence-corrected chi connectivity index (χ2v) is 7.96. The molecule has 1 fully saturated rings. The van der Waals surface area contributed by atoms with Gasteiger partial charge in [-0.1, -0.05) is 29.4 Å². The average molecular weight is 442 g/mol. The fraction of sp³-hybridized carbons (Fsp3) is 0.333. The number of ether oxygens (including phenoxy) is 1. The Morgan fingerprint density at radius 1 is 1.23 bits per heavy atom. The highest BCUT2D eigenvalue weighted by Crippen LogP contribution is 2.39. The van der Waals surface area contributed by atoms with E-state index >= 15 is 0 Å². The first-order valence-corrected chi connectivity index (χ1v) is 10.8. The van der Waals surface area contributed by atoms with Crippen LogP contribution in [0.2, 0.25) is 0 Å². The monoisotopic (exact) mass is 441 g/mol. The number of morpholine rings is 1. The molecule has 3 aromatic rings. The zero-order valence-electron chi connectivity index (χ0n) is 17.1. The predicted molar refractivity (Wildman–Crippen MR) is 118 cm³/mol. The van der Waals surface area contributed by atoms with Crippen molar-refractivity contribution in [1.82, 2.24) is 9.47 Å². The summed E-state index contributed by atoms with van der Waals surface area (Å²) in [6.45, 7) is 4.86. The number of nitrogens with zero attached hydrogens (tertiary/aromatic N) is 5. The molecule has 1 N–H and O–H groups in total. The molecule has 0 aliphatic carbocycles. The van der Waals surface area contributed by atoms with Crippen molar-refractivity contribution >= 4 is 39.5 Å². The lowest BCUT2D eigenvalue weighted by atomic mass is 10.2. The number of thiophene rings is 1. The van der Waals surface area contributed by atoms with Gasteiger partial charge in [0.2, 0.25) is 5.88 Å². The molecule has 1 aromatic carbocycles. The number of para-hydroxylation sites is 1. The fourth-order valence-corrected chi connectivity index (χ4v) is 3.97. The molecular formula is C21H23N5O4S. The molecule has 0 unspecified atom stereocenters. The maximum atomic E-state index is 12.1. The standard InChI is InChI=1S/C21H23N5O4S/c1-15(18-7-4-12-31-18)24-30-13-19(27)22-23-20-16-5-2-3-6-17(16)26(21(20)28)14-25-8-10-29-11-9-25/h2-7,12,28H,8-11,13-14H2,1H3. The predicted octanol–water partition coefficient (Wildman–Crippen LogP) is 3.75. The van der Waals surface area contributed by atoms with Crippen LogP contribution >= 0.6 is 11.3 Å². The maximum absolute atomic E-state index is 12.1. The molecule has 31 heavy (non-hydrogen) atoms. The van der Waals surface area contributed by atoms with Gasteiger partial charge in [-0.15, -0.1) is 21.6 Å². The fourth-order valence-electron chi connectivity index (χ4n) is 3.30. The van der Waals surface area contributed by atoms with E-state index in [1.54, 1.807) is 11.5 Å². The van der Waals surface area contributed by atoms with Crippen molar-refractivity contribution in [3.8, 4) is 5.88 Å². The molecule has 0 spiro atoms. The van der Waals surface area contributed by atoms with Crippen molar-refractivity contribution < 1.29 is 19.5 Å². The second kappa shape index (κ2) is 9.82. The zero-order chi connectivity index (χ0) is 21.6. The largest absolute Gasteiger partial charge is 0.493 e. The third kappa shape index (κ3) is 4.98. The highest BCUT2D eigenvalue weighted by Gasteiger charge is 2.19. The third-order valence-corrected chi connectivity index (χ3v) is 5.87. The van der Waals surface area contributed by atoms with Crippen LogP contribution in [0, 0.1) is 0 Å². The molecule has 1 aliphatic rings. The lowest BCUT2D eigenvalue weighted by molar-refractivity contribution is -0.122. The molecule has 0 radical (unpaired) electrons. The number of amides is 1. The van der Waals surface area contributed by atoms with Crippen LogP contribution < -0.4 is 0 Å². The summed E-state index contributed by atoms with van der Waals surface area (Å²) < 4.78 is 7.16. The van der Waals surface area contributed by atoms with Crippen LogP contribution in [0.5, 0.6) is 5.88 Å². The smallest absolute Gasteiger partial charge is 0.304 e. The number of carbonyl (C=O) groups is 1. The lowest BCUT2D eigenvalue weighted by Gasteiger charge is -2.27. The maximum Gasteiger partial charge on any atom is 0.304 e.